The molecule has 0 aliphatic carbocycles. The van der Waals surface area contributed by atoms with Crippen molar-refractivity contribution in [3.05, 3.63) is 35.9 Å². The smallest absolute Gasteiger partial charge is 0.408 e. The van der Waals surface area contributed by atoms with E-state index in [0.717, 1.165) is 38.1 Å². The molecule has 18 nitrogen and oxygen atoms in total. The molecule has 2 saturated heterocycles. The summed E-state index contributed by atoms with van der Waals surface area (Å²) in [5.41, 5.74) is -1.27. The number of benzene rings is 1. The Balaban J connectivity index is 1.94. The number of nitrogens with one attached hydrogen (secondary N) is 3. The van der Waals surface area contributed by atoms with Crippen LogP contribution < -0.4 is 16.0 Å². The molecule has 3 N–H and O–H groups in total. The first-order valence-electron chi connectivity index (χ1n) is 18.1. The van der Waals surface area contributed by atoms with Crippen LogP contribution in [0.1, 0.15) is 73.8 Å². The highest BCUT2D eigenvalue weighted by Crippen LogP contribution is 2.33. The number of hydrogen-bond acceptors (Lipinski definition) is 15. The van der Waals surface area contributed by atoms with Crippen molar-refractivity contribution in [3.63, 3.8) is 0 Å². The third kappa shape index (κ3) is 14.3. The number of ether oxygens (including phenoxy) is 6. The van der Waals surface area contributed by atoms with Gasteiger partial charge in [-0.25, -0.2) is 9.59 Å². The zero-order valence-corrected chi connectivity index (χ0v) is 33.6. The summed E-state index contributed by atoms with van der Waals surface area (Å²) in [5.74, 6) is -5.11. The second kappa shape index (κ2) is 20.8. The van der Waals surface area contributed by atoms with Gasteiger partial charge in [-0.1, -0.05) is 30.3 Å². The average Bonchev–Trinajstić information content (AvgIpc) is 3.59. The molecular formula is C37H52N4O14S. The third-order valence-electron chi connectivity index (χ3n) is 8.27. The van der Waals surface area contributed by atoms with Gasteiger partial charge < -0.3 is 49.3 Å². The van der Waals surface area contributed by atoms with Gasteiger partial charge in [0, 0.05) is 40.0 Å². The van der Waals surface area contributed by atoms with Crippen LogP contribution in [0.5, 0.6) is 0 Å². The Morgan fingerprint density at radius 2 is 1.54 bits per heavy atom. The Morgan fingerprint density at radius 3 is 2.12 bits per heavy atom. The van der Waals surface area contributed by atoms with E-state index < -0.39 is 108 Å². The minimum Gasteiger partial charge on any atom is -0.463 e. The lowest BCUT2D eigenvalue weighted by atomic mass is 9.97. The van der Waals surface area contributed by atoms with E-state index in [4.69, 9.17) is 28.4 Å². The number of nitrogens with zero attached hydrogens (tertiary/aromatic N) is 1. The second-order valence-corrected chi connectivity index (χ2v) is 15.4. The molecule has 0 unspecified atom stereocenters. The number of amides is 4. The largest absolute Gasteiger partial charge is 0.463 e. The SMILES string of the molecule is CC(=O)N[C@@H]1[C@@H](OC(C)=O)[C@H](OC(C)=O)[C@@H](COC(C)=O)O[C@@H]1SC[C@H](NC(=O)[C@H](C)NC(=O)OC(C)(C)C)C(=O)N1CCC[C@H]1C(=O)OCc1ccccc1. The van der Waals surface area contributed by atoms with Crippen molar-refractivity contribution < 1.29 is 66.8 Å². The summed E-state index contributed by atoms with van der Waals surface area (Å²) in [7, 11) is 0. The maximum absolute atomic E-state index is 14.3. The van der Waals surface area contributed by atoms with Gasteiger partial charge in [-0.3, -0.25) is 28.8 Å². The normalized spacial score (nSPS) is 23.0. The van der Waals surface area contributed by atoms with Crippen LogP contribution >= 0.6 is 11.8 Å². The highest BCUT2D eigenvalue weighted by Gasteiger charge is 2.51. The van der Waals surface area contributed by atoms with Crippen LogP contribution in [0.3, 0.4) is 0 Å². The van der Waals surface area contributed by atoms with Crippen molar-refractivity contribution in [3.8, 4) is 0 Å². The van der Waals surface area contributed by atoms with Crippen LogP contribution in [0.25, 0.3) is 0 Å². The molecule has 2 aliphatic rings. The fraction of sp³-hybridized carbons (Fsp3) is 0.622. The first-order chi connectivity index (χ1) is 26.2. The molecule has 2 fully saturated rings. The number of carbonyl (C=O) groups is 8. The van der Waals surface area contributed by atoms with Gasteiger partial charge in [0.05, 0.1) is 0 Å². The predicted molar refractivity (Wildman–Crippen MR) is 198 cm³/mol. The molecule has 1 aromatic carbocycles. The Hall–Kier alpha value is -4.91. The fourth-order valence-electron chi connectivity index (χ4n) is 5.95. The van der Waals surface area contributed by atoms with E-state index >= 15 is 0 Å². The quantitative estimate of drug-likeness (QED) is 0.168. The van der Waals surface area contributed by atoms with Crippen LogP contribution in [0, 0.1) is 0 Å². The Labute approximate surface area is 329 Å². The first kappa shape index (κ1) is 45.5. The molecule has 2 aliphatic heterocycles. The molecule has 310 valence electrons. The number of hydrogen-bond donors (Lipinski definition) is 3. The number of carbonyl (C=O) groups excluding carboxylic acids is 8. The van der Waals surface area contributed by atoms with Gasteiger partial charge in [0.25, 0.3) is 0 Å². The van der Waals surface area contributed by atoms with E-state index in [9.17, 15) is 38.4 Å². The molecule has 8 atom stereocenters. The Kier molecular flexibility index (Phi) is 16.9. The number of alkyl carbamates (subject to hydrolysis) is 1. The van der Waals surface area contributed by atoms with E-state index in [1.54, 1.807) is 45.0 Å². The van der Waals surface area contributed by atoms with Crippen molar-refractivity contribution in [1.29, 1.82) is 0 Å². The van der Waals surface area contributed by atoms with Crippen LogP contribution in [-0.2, 0) is 68.6 Å². The standard InChI is InChI=1S/C37H52N4O14S/c1-20(38-36(49)55-37(6,7)8)32(46)40-26(33(47)41-16-12-15-27(41)34(48)51-17-25-13-10-9-11-14-25)19-56-35-29(39-21(2)42)31(53-24(5)45)30(52-23(4)44)28(54-35)18-50-22(3)43/h9-11,13-14,20,26-31,35H,12,15-19H2,1-8H3,(H,38,49)(H,39,42)(H,40,46)/t20-,26-,27-,28+,29+,30+,31+,35+/m0/s1. The van der Waals surface area contributed by atoms with E-state index in [-0.39, 0.29) is 18.9 Å². The molecule has 4 amide bonds. The lowest BCUT2D eigenvalue weighted by molar-refractivity contribution is -0.211. The molecule has 0 radical (unpaired) electrons. The van der Waals surface area contributed by atoms with Gasteiger partial charge in [0.2, 0.25) is 17.7 Å². The lowest BCUT2D eigenvalue weighted by Crippen LogP contribution is -2.65. The molecule has 0 bridgehead atoms. The minimum absolute atomic E-state index is 0.0159. The van der Waals surface area contributed by atoms with Crippen molar-refractivity contribution >= 4 is 59.5 Å². The highest BCUT2D eigenvalue weighted by molar-refractivity contribution is 7.99. The summed E-state index contributed by atoms with van der Waals surface area (Å²) in [6, 6.07) is 4.32. The summed E-state index contributed by atoms with van der Waals surface area (Å²) in [6.07, 6.45) is -4.00. The molecule has 1 aromatic rings. The topological polar surface area (TPSA) is 231 Å². The summed E-state index contributed by atoms with van der Waals surface area (Å²) in [5, 5.41) is 7.76. The Bertz CT molecular complexity index is 1590. The zero-order chi connectivity index (χ0) is 41.7. The van der Waals surface area contributed by atoms with Crippen LogP contribution in [0.2, 0.25) is 0 Å². The van der Waals surface area contributed by atoms with E-state index in [2.05, 4.69) is 16.0 Å². The van der Waals surface area contributed by atoms with E-state index in [1.807, 2.05) is 6.07 Å². The summed E-state index contributed by atoms with van der Waals surface area (Å²) >= 11 is 0.925. The summed E-state index contributed by atoms with van der Waals surface area (Å²) in [4.78, 5) is 104. The van der Waals surface area contributed by atoms with Crippen LogP contribution in [-0.4, -0.2) is 125 Å². The number of esters is 4. The molecule has 0 spiro atoms. The van der Waals surface area contributed by atoms with Gasteiger partial charge in [-0.05, 0) is 46.1 Å². The number of likely N-dealkylation sites (tertiary alicyclic amines) is 1. The van der Waals surface area contributed by atoms with Crippen molar-refractivity contribution in [2.75, 3.05) is 18.9 Å². The monoisotopic (exact) mass is 808 g/mol. The van der Waals surface area contributed by atoms with Gasteiger partial charge in [0.1, 0.15) is 54.5 Å². The molecule has 3 rings (SSSR count). The molecule has 2 heterocycles. The minimum atomic E-state index is -1.36. The van der Waals surface area contributed by atoms with Gasteiger partial charge >= 0.3 is 30.0 Å². The average molecular weight is 809 g/mol. The van der Waals surface area contributed by atoms with E-state index in [1.165, 1.54) is 18.7 Å². The highest BCUT2D eigenvalue weighted by atomic mass is 32.2. The first-order valence-corrected chi connectivity index (χ1v) is 19.1. The van der Waals surface area contributed by atoms with Crippen molar-refractivity contribution in [2.24, 2.45) is 0 Å². The molecule has 0 aromatic heterocycles. The predicted octanol–water partition coefficient (Wildman–Crippen LogP) is 1.51. The number of rotatable bonds is 15. The van der Waals surface area contributed by atoms with Gasteiger partial charge in [-0.2, -0.15) is 0 Å². The number of thioether (sulfide) groups is 1. The van der Waals surface area contributed by atoms with Crippen LogP contribution in [0.15, 0.2) is 30.3 Å². The van der Waals surface area contributed by atoms with E-state index in [0.29, 0.717) is 12.8 Å². The maximum Gasteiger partial charge on any atom is 0.408 e. The second-order valence-electron chi connectivity index (χ2n) is 14.3. The molecule has 19 heteroatoms. The molecule has 0 saturated carbocycles. The molecular weight excluding hydrogens is 756 g/mol. The summed E-state index contributed by atoms with van der Waals surface area (Å²) in [6.45, 7) is 10.6. The summed E-state index contributed by atoms with van der Waals surface area (Å²) < 4.78 is 33.3. The maximum atomic E-state index is 14.3. The molecule has 56 heavy (non-hydrogen) atoms. The van der Waals surface area contributed by atoms with Crippen molar-refractivity contribution in [2.45, 2.75) is 128 Å². The van der Waals surface area contributed by atoms with Gasteiger partial charge in [-0.15, -0.1) is 11.8 Å². The zero-order valence-electron chi connectivity index (χ0n) is 32.8. The van der Waals surface area contributed by atoms with Crippen molar-refractivity contribution in [1.82, 2.24) is 20.9 Å². The fourth-order valence-corrected chi connectivity index (χ4v) is 7.21. The third-order valence-corrected chi connectivity index (χ3v) is 9.53. The van der Waals surface area contributed by atoms with Gasteiger partial charge in [0.15, 0.2) is 12.2 Å². The van der Waals surface area contributed by atoms with Crippen LogP contribution in [0.4, 0.5) is 4.79 Å². The lowest BCUT2D eigenvalue weighted by Gasteiger charge is -2.45. The Morgan fingerprint density at radius 1 is 0.893 bits per heavy atom.